The van der Waals surface area contributed by atoms with Gasteiger partial charge in [0.05, 0.1) is 18.8 Å². The van der Waals surface area contributed by atoms with E-state index in [1.54, 1.807) is 0 Å². The monoisotopic (exact) mass is 277 g/mol. The lowest BCUT2D eigenvalue weighted by Crippen LogP contribution is -2.34. The number of rotatable bonds is 4. The molecular formula is C16H23NO3. The van der Waals surface area contributed by atoms with E-state index in [9.17, 15) is 4.79 Å². The summed E-state index contributed by atoms with van der Waals surface area (Å²) in [6, 6.07) is 6.17. The van der Waals surface area contributed by atoms with Crippen LogP contribution >= 0.6 is 0 Å². The first kappa shape index (κ1) is 14.9. The van der Waals surface area contributed by atoms with Gasteiger partial charge in [0.25, 0.3) is 0 Å². The second kappa shape index (κ2) is 6.75. The number of ether oxygens (including phenoxy) is 2. The van der Waals surface area contributed by atoms with Crippen LogP contribution in [0.5, 0.6) is 0 Å². The first-order valence-corrected chi connectivity index (χ1v) is 7.21. The highest BCUT2D eigenvalue weighted by Crippen LogP contribution is 2.24. The standard InChI is InChI=1S/C16H23NO3/c1-4-13-10-12(7-8-20-13)17-15-6-5-11(2)9-14(15)16(18)19-3/h5-6,9,12-13,17H,4,7-8,10H2,1-3H3. The molecule has 1 N–H and O–H groups in total. The van der Waals surface area contributed by atoms with Crippen molar-refractivity contribution in [3.05, 3.63) is 29.3 Å². The first-order valence-electron chi connectivity index (χ1n) is 7.21. The van der Waals surface area contributed by atoms with E-state index in [0.29, 0.717) is 17.7 Å². The molecule has 0 radical (unpaired) electrons. The van der Waals surface area contributed by atoms with Gasteiger partial charge in [0.2, 0.25) is 0 Å². The van der Waals surface area contributed by atoms with Crippen molar-refractivity contribution in [2.24, 2.45) is 0 Å². The minimum absolute atomic E-state index is 0.296. The van der Waals surface area contributed by atoms with Gasteiger partial charge in [-0.3, -0.25) is 0 Å². The Kier molecular flexibility index (Phi) is 5.01. The van der Waals surface area contributed by atoms with Crippen molar-refractivity contribution in [2.45, 2.75) is 45.3 Å². The number of benzene rings is 1. The normalized spacial score (nSPS) is 22.4. The second-order valence-corrected chi connectivity index (χ2v) is 5.31. The molecule has 0 saturated carbocycles. The second-order valence-electron chi connectivity index (χ2n) is 5.31. The van der Waals surface area contributed by atoms with Crippen molar-refractivity contribution < 1.29 is 14.3 Å². The molecule has 0 amide bonds. The van der Waals surface area contributed by atoms with Crippen LogP contribution in [0.1, 0.15) is 42.1 Å². The van der Waals surface area contributed by atoms with E-state index in [1.807, 2.05) is 25.1 Å². The van der Waals surface area contributed by atoms with Crippen molar-refractivity contribution in [1.82, 2.24) is 0 Å². The van der Waals surface area contributed by atoms with Crippen LogP contribution in [-0.4, -0.2) is 31.8 Å². The van der Waals surface area contributed by atoms with Gasteiger partial charge in [0.1, 0.15) is 0 Å². The van der Waals surface area contributed by atoms with Gasteiger partial charge in [-0.1, -0.05) is 18.6 Å². The molecule has 110 valence electrons. The van der Waals surface area contributed by atoms with Crippen LogP contribution in [0.2, 0.25) is 0 Å². The number of aryl methyl sites for hydroxylation is 1. The van der Waals surface area contributed by atoms with E-state index in [0.717, 1.165) is 37.1 Å². The summed E-state index contributed by atoms with van der Waals surface area (Å²) in [6.45, 7) is 4.88. The fourth-order valence-electron chi connectivity index (χ4n) is 2.58. The van der Waals surface area contributed by atoms with Crippen LogP contribution in [0.25, 0.3) is 0 Å². The Labute approximate surface area is 120 Å². The van der Waals surface area contributed by atoms with Crippen LogP contribution in [-0.2, 0) is 9.47 Å². The van der Waals surface area contributed by atoms with Crippen molar-refractivity contribution in [1.29, 1.82) is 0 Å². The van der Waals surface area contributed by atoms with Crippen molar-refractivity contribution in [2.75, 3.05) is 19.0 Å². The summed E-state index contributed by atoms with van der Waals surface area (Å²) in [5, 5.41) is 3.48. The quantitative estimate of drug-likeness (QED) is 0.859. The molecule has 1 saturated heterocycles. The molecule has 0 aliphatic carbocycles. The third-order valence-corrected chi connectivity index (χ3v) is 3.76. The topological polar surface area (TPSA) is 47.6 Å². The zero-order valence-electron chi connectivity index (χ0n) is 12.4. The number of hydrogen-bond acceptors (Lipinski definition) is 4. The lowest BCUT2D eigenvalue weighted by Gasteiger charge is -2.30. The van der Waals surface area contributed by atoms with Crippen LogP contribution < -0.4 is 5.32 Å². The van der Waals surface area contributed by atoms with Crippen molar-refractivity contribution in [3.8, 4) is 0 Å². The fraction of sp³-hybridized carbons (Fsp3) is 0.562. The third kappa shape index (κ3) is 3.51. The predicted molar refractivity (Wildman–Crippen MR) is 79.2 cm³/mol. The fourth-order valence-corrected chi connectivity index (χ4v) is 2.58. The molecule has 1 heterocycles. The molecule has 1 aliphatic rings. The Hall–Kier alpha value is -1.55. The zero-order chi connectivity index (χ0) is 14.5. The van der Waals surface area contributed by atoms with Gasteiger partial charge in [-0.25, -0.2) is 4.79 Å². The van der Waals surface area contributed by atoms with E-state index >= 15 is 0 Å². The highest BCUT2D eigenvalue weighted by molar-refractivity contribution is 5.95. The highest BCUT2D eigenvalue weighted by atomic mass is 16.5. The van der Waals surface area contributed by atoms with E-state index in [2.05, 4.69) is 12.2 Å². The van der Waals surface area contributed by atoms with Crippen molar-refractivity contribution in [3.63, 3.8) is 0 Å². The van der Waals surface area contributed by atoms with E-state index < -0.39 is 0 Å². The Balaban J connectivity index is 2.14. The lowest BCUT2D eigenvalue weighted by atomic mass is 10.0. The molecule has 1 aromatic rings. The molecule has 2 atom stereocenters. The summed E-state index contributed by atoms with van der Waals surface area (Å²) in [5.41, 5.74) is 2.51. The Bertz CT molecular complexity index is 473. The number of carbonyl (C=O) groups excluding carboxylic acids is 1. The van der Waals surface area contributed by atoms with Crippen LogP contribution in [0.15, 0.2) is 18.2 Å². The molecule has 0 spiro atoms. The molecule has 4 nitrogen and oxygen atoms in total. The molecular weight excluding hydrogens is 254 g/mol. The van der Waals surface area contributed by atoms with Crippen molar-refractivity contribution >= 4 is 11.7 Å². The molecule has 2 unspecified atom stereocenters. The Morgan fingerprint density at radius 1 is 1.50 bits per heavy atom. The number of esters is 1. The summed E-state index contributed by atoms with van der Waals surface area (Å²) in [5.74, 6) is -0.296. The predicted octanol–water partition coefficient (Wildman–Crippen LogP) is 3.15. The molecule has 1 aromatic carbocycles. The molecule has 0 aromatic heterocycles. The molecule has 20 heavy (non-hydrogen) atoms. The minimum atomic E-state index is -0.296. The van der Waals surface area contributed by atoms with Gasteiger partial charge in [-0.2, -0.15) is 0 Å². The molecule has 1 fully saturated rings. The third-order valence-electron chi connectivity index (χ3n) is 3.76. The lowest BCUT2D eigenvalue weighted by molar-refractivity contribution is 0.00924. The van der Waals surface area contributed by atoms with E-state index in [1.165, 1.54) is 7.11 Å². The van der Waals surface area contributed by atoms with E-state index in [4.69, 9.17) is 9.47 Å². The van der Waals surface area contributed by atoms with Gasteiger partial charge < -0.3 is 14.8 Å². The molecule has 4 heteroatoms. The first-order chi connectivity index (χ1) is 9.63. The Morgan fingerprint density at radius 2 is 2.30 bits per heavy atom. The van der Waals surface area contributed by atoms with Gasteiger partial charge in [-0.05, 0) is 38.3 Å². The smallest absolute Gasteiger partial charge is 0.339 e. The van der Waals surface area contributed by atoms with Gasteiger partial charge >= 0.3 is 5.97 Å². The van der Waals surface area contributed by atoms with Gasteiger partial charge in [-0.15, -0.1) is 0 Å². The summed E-state index contributed by atoms with van der Waals surface area (Å²) in [7, 11) is 1.41. The number of anilines is 1. The number of hydrogen-bond donors (Lipinski definition) is 1. The summed E-state index contributed by atoms with van der Waals surface area (Å²) in [4.78, 5) is 11.9. The minimum Gasteiger partial charge on any atom is -0.465 e. The molecule has 2 rings (SSSR count). The van der Waals surface area contributed by atoms with Gasteiger partial charge in [0, 0.05) is 18.3 Å². The van der Waals surface area contributed by atoms with Crippen LogP contribution in [0.4, 0.5) is 5.69 Å². The highest BCUT2D eigenvalue weighted by Gasteiger charge is 2.22. The summed E-state index contributed by atoms with van der Waals surface area (Å²) >= 11 is 0. The SMILES string of the molecule is CCC1CC(Nc2ccc(C)cc2C(=O)OC)CCO1. The number of nitrogens with one attached hydrogen (secondary N) is 1. The van der Waals surface area contributed by atoms with Crippen LogP contribution in [0.3, 0.4) is 0 Å². The van der Waals surface area contributed by atoms with E-state index in [-0.39, 0.29) is 5.97 Å². The largest absolute Gasteiger partial charge is 0.465 e. The molecule has 1 aliphatic heterocycles. The average Bonchev–Trinajstić information content (AvgIpc) is 2.48. The zero-order valence-corrected chi connectivity index (χ0v) is 12.4. The van der Waals surface area contributed by atoms with Gasteiger partial charge in [0.15, 0.2) is 0 Å². The average molecular weight is 277 g/mol. The summed E-state index contributed by atoms with van der Waals surface area (Å²) in [6.07, 6.45) is 3.28. The number of carbonyl (C=O) groups is 1. The van der Waals surface area contributed by atoms with Crippen LogP contribution in [0, 0.1) is 6.92 Å². The maximum absolute atomic E-state index is 11.9. The maximum Gasteiger partial charge on any atom is 0.339 e. The molecule has 0 bridgehead atoms. The summed E-state index contributed by atoms with van der Waals surface area (Å²) < 4.78 is 10.5. The maximum atomic E-state index is 11.9. The number of methoxy groups -OCH3 is 1. The Morgan fingerprint density at radius 3 is 3.00 bits per heavy atom.